The molecule has 1 atom stereocenters. The van der Waals surface area contributed by atoms with Crippen molar-refractivity contribution in [2.75, 3.05) is 0 Å². The fraction of sp³-hybridized carbons (Fsp3) is 0.263. The first-order valence-electron chi connectivity index (χ1n) is 15.1. The van der Waals surface area contributed by atoms with Crippen LogP contribution in [0.4, 0.5) is 0 Å². The van der Waals surface area contributed by atoms with Crippen molar-refractivity contribution < 1.29 is 14.7 Å². The molecule has 1 unspecified atom stereocenters. The first kappa shape index (κ1) is 29.8. The molecule has 0 aliphatic rings. The van der Waals surface area contributed by atoms with E-state index in [0.29, 0.717) is 29.2 Å². The van der Waals surface area contributed by atoms with Crippen LogP contribution in [0.25, 0.3) is 22.0 Å². The van der Waals surface area contributed by atoms with Gasteiger partial charge in [0.15, 0.2) is 0 Å². The number of hydrogen-bond donors (Lipinski definition) is 2. The predicted molar refractivity (Wildman–Crippen MR) is 175 cm³/mol. The zero-order valence-electron chi connectivity index (χ0n) is 25.6. The lowest BCUT2D eigenvalue weighted by Crippen LogP contribution is -2.28. The number of amides is 1. The fourth-order valence-electron chi connectivity index (χ4n) is 5.88. The lowest BCUT2D eigenvalue weighted by Gasteiger charge is -2.20. The number of carboxylic acid groups (broad SMARTS) is 1. The van der Waals surface area contributed by atoms with Crippen LogP contribution in [0.3, 0.4) is 0 Å². The molecule has 1 amide bonds. The molecule has 1 aromatic heterocycles. The number of aryl methyl sites for hydroxylation is 1. The molecule has 5 aromatic rings. The predicted octanol–water partition coefficient (Wildman–Crippen LogP) is 9.07. The molecule has 0 bridgehead atoms. The Kier molecular flexibility index (Phi) is 8.81. The molecule has 5 rings (SSSR count). The maximum Gasteiger partial charge on any atom is 0.336 e. The normalized spacial score (nSPS) is 12.0. The zero-order chi connectivity index (χ0) is 30.7. The van der Waals surface area contributed by atoms with Gasteiger partial charge in [-0.1, -0.05) is 93.9 Å². The van der Waals surface area contributed by atoms with Gasteiger partial charge in [-0.05, 0) is 83.8 Å². The van der Waals surface area contributed by atoms with Gasteiger partial charge in [0.1, 0.15) is 0 Å². The summed E-state index contributed by atoms with van der Waals surface area (Å²) in [5.74, 6) is -0.557. The highest BCUT2D eigenvalue weighted by molar-refractivity contribution is 5.99. The molecule has 0 spiro atoms. The Morgan fingerprint density at radius 1 is 0.860 bits per heavy atom. The number of nitrogens with one attached hydrogen (secondary N) is 1. The van der Waals surface area contributed by atoms with Crippen LogP contribution in [0.5, 0.6) is 0 Å². The smallest absolute Gasteiger partial charge is 0.336 e. The number of nitrogens with zero attached hydrogens (tertiary/aromatic N) is 1. The molecule has 0 aliphatic heterocycles. The zero-order valence-corrected chi connectivity index (χ0v) is 25.6. The lowest BCUT2D eigenvalue weighted by molar-refractivity contribution is 0.0697. The minimum absolute atomic E-state index is 0.0373. The Bertz CT molecular complexity index is 1780. The topological polar surface area (TPSA) is 71.3 Å². The third kappa shape index (κ3) is 6.26. The lowest BCUT2D eigenvalue weighted by atomic mass is 9.95. The molecule has 1 heterocycles. The monoisotopic (exact) mass is 572 g/mol. The van der Waals surface area contributed by atoms with Crippen LogP contribution in [-0.4, -0.2) is 21.6 Å². The van der Waals surface area contributed by atoms with E-state index in [2.05, 4.69) is 87.0 Å². The largest absolute Gasteiger partial charge is 0.478 e. The number of carbonyl (C=O) groups is 2. The van der Waals surface area contributed by atoms with Gasteiger partial charge in [0.2, 0.25) is 0 Å². The number of fused-ring (bicyclic) bond motifs is 1. The van der Waals surface area contributed by atoms with E-state index in [0.717, 1.165) is 51.7 Å². The molecule has 0 radical (unpaired) electrons. The van der Waals surface area contributed by atoms with Crippen molar-refractivity contribution >= 4 is 22.8 Å². The summed E-state index contributed by atoms with van der Waals surface area (Å²) < 4.78 is 2.28. The van der Waals surface area contributed by atoms with Gasteiger partial charge in [-0.15, -0.1) is 0 Å². The maximum absolute atomic E-state index is 13.5. The van der Waals surface area contributed by atoms with Gasteiger partial charge in [-0.25, -0.2) is 4.79 Å². The van der Waals surface area contributed by atoms with Gasteiger partial charge in [0.05, 0.1) is 11.6 Å². The molecule has 220 valence electrons. The molecule has 43 heavy (non-hydrogen) atoms. The number of aromatic carboxylic acids is 1. The van der Waals surface area contributed by atoms with Crippen LogP contribution in [0.1, 0.15) is 94.2 Å². The second-order valence-electron chi connectivity index (χ2n) is 11.7. The highest BCUT2D eigenvalue weighted by atomic mass is 16.4. The molecular formula is C38H40N2O3. The Hall–Kier alpha value is -4.64. The summed E-state index contributed by atoms with van der Waals surface area (Å²) in [5.41, 5.74) is 9.48. The van der Waals surface area contributed by atoms with Crippen LogP contribution < -0.4 is 5.32 Å². The second-order valence-corrected chi connectivity index (χ2v) is 11.7. The van der Waals surface area contributed by atoms with E-state index in [4.69, 9.17) is 0 Å². The number of carboxylic acids is 1. The van der Waals surface area contributed by atoms with E-state index in [1.807, 2.05) is 36.4 Å². The summed E-state index contributed by atoms with van der Waals surface area (Å²) in [6.07, 6.45) is 1.86. The first-order valence-corrected chi connectivity index (χ1v) is 15.1. The average molecular weight is 573 g/mol. The van der Waals surface area contributed by atoms with Gasteiger partial charge in [0.25, 0.3) is 5.91 Å². The summed E-state index contributed by atoms with van der Waals surface area (Å²) in [6, 6.07) is 29.7. The van der Waals surface area contributed by atoms with E-state index in [1.165, 1.54) is 5.56 Å². The third-order valence-corrected chi connectivity index (χ3v) is 8.53. The highest BCUT2D eigenvalue weighted by Gasteiger charge is 2.19. The Morgan fingerprint density at radius 3 is 2.28 bits per heavy atom. The highest BCUT2D eigenvalue weighted by Crippen LogP contribution is 2.30. The van der Waals surface area contributed by atoms with Gasteiger partial charge < -0.3 is 15.0 Å². The summed E-state index contributed by atoms with van der Waals surface area (Å²) >= 11 is 0. The number of aromatic nitrogens is 1. The molecule has 0 saturated heterocycles. The molecule has 5 nitrogen and oxygen atoms in total. The Morgan fingerprint density at radius 2 is 1.58 bits per heavy atom. The van der Waals surface area contributed by atoms with Crippen LogP contribution in [0.15, 0.2) is 91.0 Å². The van der Waals surface area contributed by atoms with Gasteiger partial charge in [0, 0.05) is 28.7 Å². The van der Waals surface area contributed by atoms with Crippen molar-refractivity contribution in [2.45, 2.75) is 66.0 Å². The number of benzene rings is 4. The van der Waals surface area contributed by atoms with E-state index in [1.54, 1.807) is 12.1 Å². The Balaban J connectivity index is 1.39. The summed E-state index contributed by atoms with van der Waals surface area (Å²) in [7, 11) is 0. The quantitative estimate of drug-likeness (QED) is 0.175. The maximum atomic E-state index is 13.5. The molecule has 0 aliphatic carbocycles. The fourth-order valence-corrected chi connectivity index (χ4v) is 5.88. The van der Waals surface area contributed by atoms with Crippen LogP contribution in [0.2, 0.25) is 0 Å². The molecule has 0 saturated carbocycles. The molecule has 2 N–H and O–H groups in total. The summed E-state index contributed by atoms with van der Waals surface area (Å²) in [6.45, 7) is 11.4. The van der Waals surface area contributed by atoms with E-state index >= 15 is 0 Å². The summed E-state index contributed by atoms with van der Waals surface area (Å²) in [4.78, 5) is 25.2. The number of rotatable bonds is 10. The van der Waals surface area contributed by atoms with Crippen LogP contribution in [0, 0.1) is 13.8 Å². The van der Waals surface area contributed by atoms with Crippen molar-refractivity contribution in [1.82, 2.24) is 9.88 Å². The standard InChI is InChI=1S/C38H40N2O3/c1-6-10-35(30-12-9-11-29(21-30)24(2)3)39-37(41)31-19-20-36-34(22-31)25(4)26(5)40(36)23-27-15-17-28(18-16-27)32-13-7-8-14-33(32)38(42)43/h7-9,11-22,24,35H,6,10,23H2,1-5H3,(H,39,41)(H,42,43). The minimum atomic E-state index is -0.932. The van der Waals surface area contributed by atoms with Crippen molar-refractivity contribution in [3.05, 3.63) is 130 Å². The average Bonchev–Trinajstić information content (AvgIpc) is 3.25. The molecular weight excluding hydrogens is 532 g/mol. The van der Waals surface area contributed by atoms with Crippen LogP contribution >= 0.6 is 0 Å². The van der Waals surface area contributed by atoms with E-state index in [-0.39, 0.29) is 11.9 Å². The van der Waals surface area contributed by atoms with E-state index < -0.39 is 5.97 Å². The molecule has 5 heteroatoms. The van der Waals surface area contributed by atoms with Gasteiger partial charge in [-0.2, -0.15) is 0 Å². The van der Waals surface area contributed by atoms with Gasteiger partial charge in [-0.3, -0.25) is 4.79 Å². The second kappa shape index (κ2) is 12.7. The SMILES string of the molecule is CCCC(NC(=O)c1ccc2c(c1)c(C)c(C)n2Cc1ccc(-c2ccccc2C(=O)O)cc1)c1cccc(C(C)C)c1. The minimum Gasteiger partial charge on any atom is -0.478 e. The van der Waals surface area contributed by atoms with Gasteiger partial charge >= 0.3 is 5.97 Å². The molecule has 0 fully saturated rings. The Labute approximate surface area is 254 Å². The number of carbonyl (C=O) groups excluding carboxylic acids is 1. The van der Waals surface area contributed by atoms with Crippen LogP contribution in [-0.2, 0) is 6.54 Å². The van der Waals surface area contributed by atoms with E-state index in [9.17, 15) is 14.7 Å². The third-order valence-electron chi connectivity index (χ3n) is 8.53. The van der Waals surface area contributed by atoms with Crippen molar-refractivity contribution in [3.63, 3.8) is 0 Å². The first-order chi connectivity index (χ1) is 20.7. The summed E-state index contributed by atoms with van der Waals surface area (Å²) in [5, 5.41) is 14.0. The number of hydrogen-bond acceptors (Lipinski definition) is 2. The van der Waals surface area contributed by atoms with Crippen molar-refractivity contribution in [2.24, 2.45) is 0 Å². The van der Waals surface area contributed by atoms with Crippen molar-refractivity contribution in [1.29, 1.82) is 0 Å². The van der Waals surface area contributed by atoms with Crippen molar-refractivity contribution in [3.8, 4) is 11.1 Å². The molecule has 4 aromatic carbocycles.